The van der Waals surface area contributed by atoms with Crippen molar-refractivity contribution in [2.45, 2.75) is 13.2 Å². The fourth-order valence-corrected chi connectivity index (χ4v) is 2.29. The van der Waals surface area contributed by atoms with Gasteiger partial charge in [-0.05, 0) is 25.1 Å². The Bertz CT molecular complexity index is 696. The second kappa shape index (κ2) is 4.61. The number of nitrogens with zero attached hydrogens (tertiary/aromatic N) is 1. The van der Waals surface area contributed by atoms with Gasteiger partial charge < -0.3 is 14.6 Å². The molecule has 0 saturated heterocycles. The fourth-order valence-electron chi connectivity index (χ4n) is 2.29. The highest BCUT2D eigenvalue weighted by atomic mass is 16.6. The zero-order chi connectivity index (χ0) is 14.3. The van der Waals surface area contributed by atoms with Gasteiger partial charge in [-0.1, -0.05) is 12.1 Å². The first kappa shape index (κ1) is 12.6. The molecule has 1 atom stereocenters. The maximum atomic E-state index is 11.7. The third-order valence-corrected chi connectivity index (χ3v) is 3.29. The number of carbonyl (C=O) groups is 1. The Morgan fingerprint density at radius 2 is 2.15 bits per heavy atom. The van der Waals surface area contributed by atoms with E-state index in [9.17, 15) is 9.90 Å². The number of methoxy groups -OCH3 is 1. The number of benzene rings is 1. The van der Waals surface area contributed by atoms with Crippen LogP contribution in [0.3, 0.4) is 0 Å². The molecule has 1 aliphatic rings. The van der Waals surface area contributed by atoms with Crippen LogP contribution in [0.4, 0.5) is 0 Å². The number of esters is 1. The van der Waals surface area contributed by atoms with E-state index >= 15 is 0 Å². The van der Waals surface area contributed by atoms with Crippen LogP contribution in [0, 0.1) is 6.92 Å². The summed E-state index contributed by atoms with van der Waals surface area (Å²) in [6.45, 7) is 1.73. The molecular formula is C15H13NO4. The number of aliphatic hydroxyl groups is 1. The molecule has 0 radical (unpaired) electrons. The van der Waals surface area contributed by atoms with Crippen LogP contribution >= 0.6 is 0 Å². The Morgan fingerprint density at radius 3 is 2.90 bits per heavy atom. The zero-order valence-electron chi connectivity index (χ0n) is 11.1. The van der Waals surface area contributed by atoms with Gasteiger partial charge >= 0.3 is 5.97 Å². The van der Waals surface area contributed by atoms with Crippen molar-refractivity contribution in [3.63, 3.8) is 0 Å². The van der Waals surface area contributed by atoms with E-state index in [4.69, 9.17) is 9.47 Å². The topological polar surface area (TPSA) is 68.7 Å². The van der Waals surface area contributed by atoms with Crippen LogP contribution in [0.15, 0.2) is 30.3 Å². The van der Waals surface area contributed by atoms with Crippen molar-refractivity contribution in [1.82, 2.24) is 4.98 Å². The number of aromatic nitrogens is 1. The number of rotatable bonds is 1. The summed E-state index contributed by atoms with van der Waals surface area (Å²) >= 11 is 0. The fraction of sp³-hybridized carbons (Fsp3) is 0.200. The molecule has 20 heavy (non-hydrogen) atoms. The van der Waals surface area contributed by atoms with E-state index in [0.717, 1.165) is 5.56 Å². The summed E-state index contributed by atoms with van der Waals surface area (Å²) in [4.78, 5) is 16.1. The highest BCUT2D eigenvalue weighted by Crippen LogP contribution is 2.40. The molecule has 1 aromatic heterocycles. The summed E-state index contributed by atoms with van der Waals surface area (Å²) in [5.74, 6) is 0.0917. The van der Waals surface area contributed by atoms with Gasteiger partial charge in [-0.15, -0.1) is 0 Å². The van der Waals surface area contributed by atoms with Crippen LogP contribution in [0.5, 0.6) is 5.75 Å². The predicted molar refractivity (Wildman–Crippen MR) is 71.3 cm³/mol. The smallest absolute Gasteiger partial charge is 0.339 e. The second-order valence-electron chi connectivity index (χ2n) is 4.52. The molecule has 0 bridgehead atoms. The predicted octanol–water partition coefficient (Wildman–Crippen LogP) is 2.23. The van der Waals surface area contributed by atoms with Crippen molar-refractivity contribution >= 4 is 5.97 Å². The van der Waals surface area contributed by atoms with E-state index in [2.05, 4.69) is 4.98 Å². The maximum absolute atomic E-state index is 11.7. The molecule has 1 aromatic carbocycles. The third kappa shape index (κ3) is 1.83. The molecule has 0 aliphatic carbocycles. The maximum Gasteiger partial charge on any atom is 0.339 e. The summed E-state index contributed by atoms with van der Waals surface area (Å²) < 4.78 is 10.1. The minimum atomic E-state index is -1.14. The average Bonchev–Trinajstić information content (AvgIpc) is 2.46. The lowest BCUT2D eigenvalue weighted by molar-refractivity contribution is -0.0217. The molecule has 0 fully saturated rings. The summed E-state index contributed by atoms with van der Waals surface area (Å²) in [7, 11) is 1.31. The molecule has 2 heterocycles. The molecule has 0 spiro atoms. The van der Waals surface area contributed by atoms with E-state index in [-0.39, 0.29) is 0 Å². The van der Waals surface area contributed by atoms with Gasteiger partial charge in [0.1, 0.15) is 5.75 Å². The van der Waals surface area contributed by atoms with Crippen molar-refractivity contribution < 1.29 is 19.4 Å². The molecule has 1 N–H and O–H groups in total. The van der Waals surface area contributed by atoms with E-state index in [1.54, 1.807) is 19.1 Å². The van der Waals surface area contributed by atoms with Crippen molar-refractivity contribution in [3.8, 4) is 17.0 Å². The lowest BCUT2D eigenvalue weighted by Gasteiger charge is -2.25. The van der Waals surface area contributed by atoms with Crippen LogP contribution in [0.25, 0.3) is 11.3 Å². The Kier molecular flexibility index (Phi) is 2.91. The minimum Gasteiger partial charge on any atom is -0.465 e. The van der Waals surface area contributed by atoms with Gasteiger partial charge in [0.05, 0.1) is 24.1 Å². The zero-order valence-corrected chi connectivity index (χ0v) is 11.1. The highest BCUT2D eigenvalue weighted by molar-refractivity contribution is 5.91. The van der Waals surface area contributed by atoms with Crippen LogP contribution in [0.2, 0.25) is 0 Å². The number of aryl methyl sites for hydroxylation is 1. The normalized spacial score (nSPS) is 15.8. The van der Waals surface area contributed by atoms with E-state index in [1.807, 2.05) is 18.2 Å². The number of ether oxygens (including phenoxy) is 2. The molecule has 0 amide bonds. The lowest BCUT2D eigenvalue weighted by atomic mass is 9.99. The van der Waals surface area contributed by atoms with Gasteiger partial charge in [-0.2, -0.15) is 0 Å². The Morgan fingerprint density at radius 1 is 1.40 bits per heavy atom. The SMILES string of the molecule is COC(=O)c1cc2c(nc1C)-c1ccccc1OC2O. The molecule has 5 nitrogen and oxygen atoms in total. The molecule has 5 heteroatoms. The molecule has 2 aromatic rings. The number of hydrogen-bond donors (Lipinski definition) is 1. The summed E-state index contributed by atoms with van der Waals surface area (Å²) in [5, 5.41) is 10.1. The van der Waals surface area contributed by atoms with E-state index < -0.39 is 12.3 Å². The van der Waals surface area contributed by atoms with Crippen LogP contribution in [-0.4, -0.2) is 23.2 Å². The van der Waals surface area contributed by atoms with Crippen LogP contribution in [-0.2, 0) is 4.74 Å². The van der Waals surface area contributed by atoms with Gasteiger partial charge in [0.2, 0.25) is 6.29 Å². The Hall–Kier alpha value is -2.40. The first-order chi connectivity index (χ1) is 9.61. The Balaban J connectivity index is 2.23. The lowest BCUT2D eigenvalue weighted by Crippen LogP contribution is -2.17. The first-order valence-corrected chi connectivity index (χ1v) is 6.16. The number of hydrogen-bond acceptors (Lipinski definition) is 5. The van der Waals surface area contributed by atoms with Crippen LogP contribution < -0.4 is 4.74 Å². The monoisotopic (exact) mass is 271 g/mol. The highest BCUT2D eigenvalue weighted by Gasteiger charge is 2.27. The molecule has 1 unspecified atom stereocenters. The summed E-state index contributed by atoms with van der Waals surface area (Å²) in [5.41, 5.74) is 2.78. The van der Waals surface area contributed by atoms with Gasteiger partial charge in [-0.3, -0.25) is 4.98 Å². The van der Waals surface area contributed by atoms with Crippen molar-refractivity contribution in [3.05, 3.63) is 47.2 Å². The molecular weight excluding hydrogens is 258 g/mol. The summed E-state index contributed by atoms with van der Waals surface area (Å²) in [6, 6.07) is 8.91. The number of fused-ring (bicyclic) bond motifs is 3. The Labute approximate surface area is 115 Å². The quantitative estimate of drug-likeness (QED) is 0.805. The average molecular weight is 271 g/mol. The molecule has 0 saturated carbocycles. The summed E-state index contributed by atoms with van der Waals surface area (Å²) in [6.07, 6.45) is -1.14. The van der Waals surface area contributed by atoms with Gasteiger partial charge in [0.25, 0.3) is 0 Å². The number of carbonyl (C=O) groups excluding carboxylic acids is 1. The third-order valence-electron chi connectivity index (χ3n) is 3.29. The largest absolute Gasteiger partial charge is 0.465 e. The molecule has 102 valence electrons. The minimum absolute atomic E-state index is 0.327. The van der Waals surface area contributed by atoms with Gasteiger partial charge in [0, 0.05) is 11.1 Å². The van der Waals surface area contributed by atoms with E-state index in [1.165, 1.54) is 7.11 Å². The van der Waals surface area contributed by atoms with Gasteiger partial charge in [-0.25, -0.2) is 4.79 Å². The standard InChI is InChI=1S/C15H13NO4/c1-8-10(14(17)19-2)7-11-13(16-8)9-5-3-4-6-12(9)20-15(11)18/h3-7,15,18H,1-2H3. The van der Waals surface area contributed by atoms with Crippen LogP contribution in [0.1, 0.15) is 27.9 Å². The molecule has 1 aliphatic heterocycles. The van der Waals surface area contributed by atoms with Crippen molar-refractivity contribution in [2.75, 3.05) is 7.11 Å². The number of pyridine rings is 1. The number of aliphatic hydroxyl groups excluding tert-OH is 1. The number of para-hydroxylation sites is 1. The van der Waals surface area contributed by atoms with Crippen molar-refractivity contribution in [1.29, 1.82) is 0 Å². The van der Waals surface area contributed by atoms with E-state index in [0.29, 0.717) is 28.3 Å². The first-order valence-electron chi connectivity index (χ1n) is 6.16. The molecule has 3 rings (SSSR count). The van der Waals surface area contributed by atoms with Crippen molar-refractivity contribution in [2.24, 2.45) is 0 Å². The van der Waals surface area contributed by atoms with Gasteiger partial charge in [0.15, 0.2) is 0 Å². The second-order valence-corrected chi connectivity index (χ2v) is 4.52.